The number of thioether (sulfide) groups is 1. The van der Waals surface area contributed by atoms with Crippen LogP contribution in [0.5, 0.6) is 0 Å². The van der Waals surface area contributed by atoms with Gasteiger partial charge < -0.3 is 5.32 Å². The molecule has 0 saturated carbocycles. The maximum atomic E-state index is 4.26. The first kappa shape index (κ1) is 12.7. The van der Waals surface area contributed by atoms with Crippen LogP contribution in [-0.2, 0) is 0 Å². The maximum Gasteiger partial charge on any atom is 0.0897 e. The third kappa shape index (κ3) is 4.82. The number of nitrogens with one attached hydrogen (secondary N) is 1. The summed E-state index contributed by atoms with van der Waals surface area (Å²) in [7, 11) is 0. The lowest BCUT2D eigenvalue weighted by atomic mass is 10.3. The smallest absolute Gasteiger partial charge is 0.0897 e. The van der Waals surface area contributed by atoms with Gasteiger partial charge in [-0.3, -0.25) is 0 Å². The fourth-order valence-corrected chi connectivity index (χ4v) is 2.60. The highest BCUT2D eigenvalue weighted by Crippen LogP contribution is 2.19. The fourth-order valence-electron chi connectivity index (χ4n) is 1.19. The summed E-state index contributed by atoms with van der Waals surface area (Å²) in [6.07, 6.45) is 3.91. The third-order valence-electron chi connectivity index (χ3n) is 2.00. The Morgan fingerprint density at radius 2 is 2.53 bits per heavy atom. The SMILES string of the molecule is C=CCSCCNC(C)c1cnc(C)s1. The van der Waals surface area contributed by atoms with E-state index in [2.05, 4.69) is 23.8 Å². The molecule has 0 aliphatic carbocycles. The van der Waals surface area contributed by atoms with Gasteiger partial charge in [-0.2, -0.15) is 11.8 Å². The van der Waals surface area contributed by atoms with Crippen LogP contribution in [0.4, 0.5) is 0 Å². The van der Waals surface area contributed by atoms with Gasteiger partial charge >= 0.3 is 0 Å². The fraction of sp³-hybridized carbons (Fsp3) is 0.545. The van der Waals surface area contributed by atoms with Crippen molar-refractivity contribution in [3.63, 3.8) is 0 Å². The largest absolute Gasteiger partial charge is 0.309 e. The Labute approximate surface area is 100 Å². The molecule has 1 rings (SSSR count). The predicted molar refractivity (Wildman–Crippen MR) is 70.8 cm³/mol. The Morgan fingerprint density at radius 3 is 3.13 bits per heavy atom. The summed E-state index contributed by atoms with van der Waals surface area (Å²) < 4.78 is 0. The van der Waals surface area contributed by atoms with E-state index in [9.17, 15) is 0 Å². The highest BCUT2D eigenvalue weighted by atomic mass is 32.2. The Kier molecular flexibility index (Phi) is 5.98. The molecule has 0 amide bonds. The van der Waals surface area contributed by atoms with Crippen molar-refractivity contribution in [1.82, 2.24) is 10.3 Å². The molecule has 0 aliphatic heterocycles. The van der Waals surface area contributed by atoms with Crippen molar-refractivity contribution in [3.8, 4) is 0 Å². The molecule has 0 saturated heterocycles. The lowest BCUT2D eigenvalue weighted by Crippen LogP contribution is -2.20. The van der Waals surface area contributed by atoms with E-state index < -0.39 is 0 Å². The van der Waals surface area contributed by atoms with E-state index in [1.165, 1.54) is 4.88 Å². The van der Waals surface area contributed by atoms with Gasteiger partial charge in [0.1, 0.15) is 0 Å². The number of hydrogen-bond donors (Lipinski definition) is 1. The molecule has 1 unspecified atom stereocenters. The van der Waals surface area contributed by atoms with Crippen LogP contribution in [0.25, 0.3) is 0 Å². The van der Waals surface area contributed by atoms with Crippen LogP contribution < -0.4 is 5.32 Å². The molecule has 0 aromatic carbocycles. The Bertz CT molecular complexity index is 297. The van der Waals surface area contributed by atoms with E-state index in [0.29, 0.717) is 6.04 Å². The molecule has 0 bridgehead atoms. The standard InChI is InChI=1S/C11H18N2S2/c1-4-6-14-7-5-12-9(2)11-8-13-10(3)15-11/h4,8-9,12H,1,5-7H2,2-3H3. The maximum absolute atomic E-state index is 4.26. The molecule has 2 nitrogen and oxygen atoms in total. The second-order valence-electron chi connectivity index (χ2n) is 3.32. The average Bonchev–Trinajstić information content (AvgIpc) is 2.64. The quantitative estimate of drug-likeness (QED) is 0.588. The minimum atomic E-state index is 0.417. The summed E-state index contributed by atoms with van der Waals surface area (Å²) in [4.78, 5) is 5.58. The van der Waals surface area contributed by atoms with Crippen molar-refractivity contribution in [2.24, 2.45) is 0 Å². The molecule has 1 heterocycles. The van der Waals surface area contributed by atoms with Crippen molar-refractivity contribution in [2.75, 3.05) is 18.1 Å². The van der Waals surface area contributed by atoms with Gasteiger partial charge in [0, 0.05) is 35.2 Å². The number of thiazole rings is 1. The zero-order valence-corrected chi connectivity index (χ0v) is 11.0. The first-order chi connectivity index (χ1) is 7.24. The molecule has 1 N–H and O–H groups in total. The van der Waals surface area contributed by atoms with Gasteiger partial charge in [0.15, 0.2) is 0 Å². The summed E-state index contributed by atoms with van der Waals surface area (Å²) in [5, 5.41) is 4.63. The molecule has 15 heavy (non-hydrogen) atoms. The van der Waals surface area contributed by atoms with Crippen molar-refractivity contribution < 1.29 is 0 Å². The molecule has 1 aromatic heterocycles. The second kappa shape index (κ2) is 7.04. The summed E-state index contributed by atoms with van der Waals surface area (Å²) in [6, 6.07) is 0.417. The molecule has 0 aliphatic rings. The van der Waals surface area contributed by atoms with Crippen molar-refractivity contribution in [1.29, 1.82) is 0 Å². The minimum Gasteiger partial charge on any atom is -0.309 e. The van der Waals surface area contributed by atoms with Gasteiger partial charge in [-0.15, -0.1) is 17.9 Å². The van der Waals surface area contributed by atoms with Gasteiger partial charge in [-0.1, -0.05) is 6.08 Å². The third-order valence-corrected chi connectivity index (χ3v) is 4.06. The molecule has 4 heteroatoms. The highest BCUT2D eigenvalue weighted by molar-refractivity contribution is 7.99. The van der Waals surface area contributed by atoms with Crippen LogP contribution in [0.1, 0.15) is 22.9 Å². The zero-order chi connectivity index (χ0) is 11.1. The van der Waals surface area contributed by atoms with Crippen LogP contribution in [0, 0.1) is 6.92 Å². The lowest BCUT2D eigenvalue weighted by Gasteiger charge is -2.10. The van der Waals surface area contributed by atoms with E-state index >= 15 is 0 Å². The lowest BCUT2D eigenvalue weighted by molar-refractivity contribution is 0.609. The van der Waals surface area contributed by atoms with Crippen LogP contribution in [0.3, 0.4) is 0 Å². The summed E-state index contributed by atoms with van der Waals surface area (Å²) in [5.41, 5.74) is 0. The van der Waals surface area contributed by atoms with Crippen LogP contribution >= 0.6 is 23.1 Å². The van der Waals surface area contributed by atoms with E-state index in [-0.39, 0.29) is 0 Å². The van der Waals surface area contributed by atoms with E-state index in [1.807, 2.05) is 31.0 Å². The number of nitrogens with zero attached hydrogens (tertiary/aromatic N) is 1. The first-order valence-corrected chi connectivity index (χ1v) is 7.05. The van der Waals surface area contributed by atoms with Crippen molar-refractivity contribution in [3.05, 3.63) is 28.7 Å². The Hall–Kier alpha value is -0.320. The number of rotatable bonds is 7. The Balaban J connectivity index is 2.18. The van der Waals surface area contributed by atoms with Gasteiger partial charge in [0.25, 0.3) is 0 Å². The van der Waals surface area contributed by atoms with Gasteiger partial charge in [0.2, 0.25) is 0 Å². The topological polar surface area (TPSA) is 24.9 Å². The second-order valence-corrected chi connectivity index (χ2v) is 5.74. The number of aryl methyl sites for hydroxylation is 1. The molecule has 0 spiro atoms. The summed E-state index contributed by atoms with van der Waals surface area (Å²) in [5.74, 6) is 2.17. The van der Waals surface area contributed by atoms with Gasteiger partial charge in [-0.25, -0.2) is 4.98 Å². The van der Waals surface area contributed by atoms with Gasteiger partial charge in [0.05, 0.1) is 5.01 Å². The molecule has 1 atom stereocenters. The predicted octanol–water partition coefficient (Wildman–Crippen LogP) is 3.02. The zero-order valence-electron chi connectivity index (χ0n) is 9.32. The molecule has 0 radical (unpaired) electrons. The Morgan fingerprint density at radius 1 is 1.73 bits per heavy atom. The monoisotopic (exact) mass is 242 g/mol. The van der Waals surface area contributed by atoms with Crippen molar-refractivity contribution in [2.45, 2.75) is 19.9 Å². The molecule has 0 fully saturated rings. The average molecular weight is 242 g/mol. The van der Waals surface area contributed by atoms with Crippen LogP contribution in [0.2, 0.25) is 0 Å². The first-order valence-electron chi connectivity index (χ1n) is 5.08. The van der Waals surface area contributed by atoms with Crippen LogP contribution in [-0.4, -0.2) is 23.0 Å². The normalized spacial score (nSPS) is 12.7. The van der Waals surface area contributed by atoms with E-state index in [1.54, 1.807) is 11.3 Å². The number of hydrogen-bond acceptors (Lipinski definition) is 4. The molecular weight excluding hydrogens is 224 g/mol. The summed E-state index contributed by atoms with van der Waals surface area (Å²) >= 11 is 3.67. The molecule has 1 aromatic rings. The number of aromatic nitrogens is 1. The minimum absolute atomic E-state index is 0.417. The van der Waals surface area contributed by atoms with E-state index in [4.69, 9.17) is 0 Å². The molecule has 84 valence electrons. The highest BCUT2D eigenvalue weighted by Gasteiger charge is 2.06. The van der Waals surface area contributed by atoms with Gasteiger partial charge in [-0.05, 0) is 13.8 Å². The molecular formula is C11H18N2S2. The van der Waals surface area contributed by atoms with Crippen LogP contribution in [0.15, 0.2) is 18.9 Å². The van der Waals surface area contributed by atoms with Crippen molar-refractivity contribution >= 4 is 23.1 Å². The van der Waals surface area contributed by atoms with E-state index in [0.717, 1.165) is 23.1 Å². The summed E-state index contributed by atoms with van der Waals surface area (Å²) in [6.45, 7) is 8.96.